The summed E-state index contributed by atoms with van der Waals surface area (Å²) in [6.07, 6.45) is 4.71. The smallest absolute Gasteiger partial charge is 0.412 e. The Balaban J connectivity index is 1.31. The largest absolute Gasteiger partial charge is 0.572 e. The number of ether oxygens (including phenoxy) is 1. The number of hydrogen-bond donors (Lipinski definition) is 1. The van der Waals surface area contributed by atoms with E-state index in [-0.39, 0.29) is 30.5 Å². The van der Waals surface area contributed by atoms with Crippen molar-refractivity contribution in [2.75, 3.05) is 6.54 Å². The number of amides is 1. The van der Waals surface area contributed by atoms with E-state index in [0.29, 0.717) is 23.4 Å². The number of hydrazone groups is 1. The molecular formula is C21H18F3N9O3. The molecule has 3 aliphatic heterocycles. The third-order valence-corrected chi connectivity index (χ3v) is 6.09. The summed E-state index contributed by atoms with van der Waals surface area (Å²) in [5.74, 6) is -0.908. The summed E-state index contributed by atoms with van der Waals surface area (Å²) in [6.45, 7) is 0.282. The van der Waals surface area contributed by atoms with E-state index >= 15 is 0 Å². The predicted molar refractivity (Wildman–Crippen MR) is 115 cm³/mol. The Bertz CT molecular complexity index is 1420. The molecule has 0 bridgehead atoms. The van der Waals surface area contributed by atoms with Crippen LogP contribution in [0.2, 0.25) is 0 Å². The lowest BCUT2D eigenvalue weighted by atomic mass is 9.94. The molecule has 0 aromatic carbocycles. The molecule has 12 nitrogen and oxygen atoms in total. The van der Waals surface area contributed by atoms with Crippen LogP contribution in [-0.4, -0.2) is 70.4 Å². The predicted octanol–water partition coefficient (Wildman–Crippen LogP) is 2.31. The third-order valence-electron chi connectivity index (χ3n) is 6.09. The maximum absolute atomic E-state index is 13.5. The van der Waals surface area contributed by atoms with Crippen molar-refractivity contribution in [3.63, 3.8) is 0 Å². The van der Waals surface area contributed by atoms with Crippen LogP contribution in [0.3, 0.4) is 0 Å². The number of allylic oxidation sites excluding steroid dienone is 2. The molecular weight excluding hydrogens is 483 g/mol. The Kier molecular flexibility index (Phi) is 4.94. The van der Waals surface area contributed by atoms with E-state index in [0.717, 1.165) is 5.69 Å². The molecule has 0 radical (unpaired) electrons. The molecule has 0 saturated carbocycles. The lowest BCUT2D eigenvalue weighted by Gasteiger charge is -2.33. The summed E-state index contributed by atoms with van der Waals surface area (Å²) < 4.78 is 50.3. The van der Waals surface area contributed by atoms with Crippen molar-refractivity contribution in [2.45, 2.75) is 31.3 Å². The fourth-order valence-corrected chi connectivity index (χ4v) is 4.57. The highest BCUT2D eigenvalue weighted by Crippen LogP contribution is 2.38. The van der Waals surface area contributed by atoms with Gasteiger partial charge in [-0.1, -0.05) is 0 Å². The number of aromatic amines is 1. The number of rotatable bonds is 4. The van der Waals surface area contributed by atoms with Crippen molar-refractivity contribution in [1.82, 2.24) is 39.9 Å². The SMILES string of the molecule is Cn1cc(-c2nnc(C(=O)N3CCc4[nH]cnc4[C@H]3C3=NN4C=CC=C(OC(F)(F)F)C4C3)o2)cn1. The molecule has 0 saturated heterocycles. The summed E-state index contributed by atoms with van der Waals surface area (Å²) in [4.78, 5) is 22.5. The minimum atomic E-state index is -4.84. The monoisotopic (exact) mass is 501 g/mol. The van der Waals surface area contributed by atoms with Crippen LogP contribution in [0.15, 0.2) is 52.4 Å². The molecule has 3 aromatic rings. The van der Waals surface area contributed by atoms with Gasteiger partial charge in [-0.2, -0.15) is 10.2 Å². The number of imidazole rings is 1. The molecule has 3 aliphatic rings. The van der Waals surface area contributed by atoms with Gasteiger partial charge in [0.05, 0.1) is 29.5 Å². The van der Waals surface area contributed by atoms with Gasteiger partial charge in [0.2, 0.25) is 0 Å². The van der Waals surface area contributed by atoms with E-state index in [1.165, 1.54) is 34.6 Å². The van der Waals surface area contributed by atoms with Crippen LogP contribution in [0.1, 0.15) is 34.5 Å². The van der Waals surface area contributed by atoms with Crippen molar-refractivity contribution >= 4 is 11.6 Å². The number of carbonyl (C=O) groups is 1. The van der Waals surface area contributed by atoms with Crippen LogP contribution in [0.4, 0.5) is 13.2 Å². The zero-order valence-corrected chi connectivity index (χ0v) is 18.7. The van der Waals surface area contributed by atoms with Gasteiger partial charge in [0.15, 0.2) is 0 Å². The fraction of sp³-hybridized carbons (Fsp3) is 0.333. The Morgan fingerprint density at radius 1 is 1.31 bits per heavy atom. The van der Waals surface area contributed by atoms with Crippen molar-refractivity contribution in [3.05, 3.63) is 60.1 Å². The van der Waals surface area contributed by atoms with Gasteiger partial charge in [0, 0.05) is 44.5 Å². The average molecular weight is 501 g/mol. The van der Waals surface area contributed by atoms with Crippen molar-refractivity contribution < 1.29 is 27.1 Å². The van der Waals surface area contributed by atoms with Gasteiger partial charge in [-0.3, -0.25) is 14.5 Å². The van der Waals surface area contributed by atoms with Crippen LogP contribution in [0, 0.1) is 0 Å². The standard InChI is InChI=1S/C21H18F3N9O3/c1-31-9-11(8-27-31)18-28-29-19(35-18)20(34)32-6-4-12-16(26-10-25-12)17(32)13-7-14-15(36-21(22,23)24)3-2-5-33(14)30-13/h2-3,5,8-10,14,17H,4,6-7H2,1H3,(H,25,26)/t14?,17-/m1/s1. The number of aromatic nitrogens is 6. The molecule has 0 aliphatic carbocycles. The molecule has 1 amide bonds. The van der Waals surface area contributed by atoms with Gasteiger partial charge in [0.25, 0.3) is 5.89 Å². The maximum Gasteiger partial charge on any atom is 0.572 e. The summed E-state index contributed by atoms with van der Waals surface area (Å²) in [6, 6.07) is -1.54. The maximum atomic E-state index is 13.5. The molecule has 15 heteroatoms. The minimum Gasteiger partial charge on any atom is -0.412 e. The molecule has 3 aromatic heterocycles. The molecule has 186 valence electrons. The zero-order valence-electron chi connectivity index (χ0n) is 18.7. The molecule has 0 spiro atoms. The number of H-pyrrole nitrogens is 1. The van der Waals surface area contributed by atoms with Gasteiger partial charge in [-0.15, -0.1) is 23.4 Å². The summed E-state index contributed by atoms with van der Waals surface area (Å²) in [5, 5.41) is 17.9. The highest BCUT2D eigenvalue weighted by molar-refractivity contribution is 5.99. The normalized spacial score (nSPS) is 21.2. The van der Waals surface area contributed by atoms with Crippen molar-refractivity contribution in [3.8, 4) is 11.5 Å². The number of nitrogens with zero attached hydrogens (tertiary/aromatic N) is 8. The lowest BCUT2D eigenvalue weighted by molar-refractivity contribution is -0.308. The molecule has 6 heterocycles. The zero-order chi connectivity index (χ0) is 25.0. The van der Waals surface area contributed by atoms with Gasteiger partial charge in [-0.25, -0.2) is 4.98 Å². The number of carbonyl (C=O) groups excluding carboxylic acids is 1. The van der Waals surface area contributed by atoms with Crippen molar-refractivity contribution in [1.29, 1.82) is 0 Å². The second-order valence-electron chi connectivity index (χ2n) is 8.38. The molecule has 0 fully saturated rings. The van der Waals surface area contributed by atoms with Crippen LogP contribution in [0.5, 0.6) is 0 Å². The first-order chi connectivity index (χ1) is 17.3. The van der Waals surface area contributed by atoms with Gasteiger partial charge >= 0.3 is 18.2 Å². The molecule has 36 heavy (non-hydrogen) atoms. The molecule has 2 atom stereocenters. The fourth-order valence-electron chi connectivity index (χ4n) is 4.57. The van der Waals surface area contributed by atoms with E-state index in [1.807, 2.05) is 0 Å². The number of aryl methyl sites for hydroxylation is 1. The van der Waals surface area contributed by atoms with Crippen LogP contribution >= 0.6 is 0 Å². The van der Waals surface area contributed by atoms with E-state index in [9.17, 15) is 18.0 Å². The second kappa shape index (κ2) is 8.07. The van der Waals surface area contributed by atoms with Gasteiger partial charge in [-0.05, 0) is 12.2 Å². The van der Waals surface area contributed by atoms with Gasteiger partial charge < -0.3 is 19.0 Å². The Labute approximate surface area is 200 Å². The number of hydrogen-bond acceptors (Lipinski definition) is 9. The Morgan fingerprint density at radius 3 is 2.94 bits per heavy atom. The number of fused-ring (bicyclic) bond motifs is 2. The van der Waals surface area contributed by atoms with E-state index in [2.05, 4.69) is 35.1 Å². The molecule has 6 rings (SSSR count). The first-order valence-corrected chi connectivity index (χ1v) is 10.9. The van der Waals surface area contributed by atoms with Crippen LogP contribution in [-0.2, 0) is 18.2 Å². The topological polar surface area (TPSA) is 131 Å². The van der Waals surface area contributed by atoms with E-state index in [4.69, 9.17) is 4.42 Å². The number of nitrogens with one attached hydrogen (secondary N) is 1. The van der Waals surface area contributed by atoms with Crippen LogP contribution in [0.25, 0.3) is 11.5 Å². The second-order valence-corrected chi connectivity index (χ2v) is 8.38. The minimum absolute atomic E-state index is 0.0950. The van der Waals surface area contributed by atoms with E-state index in [1.54, 1.807) is 24.1 Å². The van der Waals surface area contributed by atoms with Crippen molar-refractivity contribution in [2.24, 2.45) is 12.1 Å². The first-order valence-electron chi connectivity index (χ1n) is 10.9. The summed E-state index contributed by atoms with van der Waals surface area (Å²) in [7, 11) is 1.73. The first kappa shape index (κ1) is 22.1. The average Bonchev–Trinajstić information content (AvgIpc) is 3.62. The Hall–Kier alpha value is -4.43. The third kappa shape index (κ3) is 3.81. The Morgan fingerprint density at radius 2 is 2.17 bits per heavy atom. The quantitative estimate of drug-likeness (QED) is 0.577. The summed E-state index contributed by atoms with van der Waals surface area (Å²) in [5.41, 5.74) is 2.39. The highest BCUT2D eigenvalue weighted by atomic mass is 19.4. The summed E-state index contributed by atoms with van der Waals surface area (Å²) >= 11 is 0. The van der Waals surface area contributed by atoms with Gasteiger partial charge in [0.1, 0.15) is 17.8 Å². The highest BCUT2D eigenvalue weighted by Gasteiger charge is 2.45. The lowest BCUT2D eigenvalue weighted by Crippen LogP contribution is -2.44. The molecule has 1 N–H and O–H groups in total. The van der Waals surface area contributed by atoms with Crippen LogP contribution < -0.4 is 0 Å². The molecule has 1 unspecified atom stereocenters. The van der Waals surface area contributed by atoms with E-state index < -0.39 is 24.4 Å². The number of halogens is 3. The number of alkyl halides is 3.